The maximum atomic E-state index is 11.2. The minimum atomic E-state index is -3.52. The van der Waals surface area contributed by atoms with E-state index in [-0.39, 0.29) is 6.04 Å². The second-order valence-electron chi connectivity index (χ2n) is 4.52. The van der Waals surface area contributed by atoms with Gasteiger partial charge in [-0.1, -0.05) is 6.92 Å². The van der Waals surface area contributed by atoms with Gasteiger partial charge < -0.3 is 5.32 Å². The summed E-state index contributed by atoms with van der Waals surface area (Å²) < 4.78 is 23.7. The molecule has 0 heterocycles. The summed E-state index contributed by atoms with van der Waals surface area (Å²) in [5.74, 6) is 0. The topological polar surface area (TPSA) is 75.4 Å². The highest BCUT2D eigenvalue weighted by Crippen LogP contribution is 2.23. The van der Waals surface area contributed by atoms with Crippen LogP contribution in [-0.4, -0.2) is 38.4 Å². The highest BCUT2D eigenvalue weighted by molar-refractivity contribution is 7.86. The van der Waals surface area contributed by atoms with E-state index in [1.807, 2.05) is 0 Å². The molecule has 0 unspecified atom stereocenters. The van der Waals surface area contributed by atoms with Crippen LogP contribution in [0.4, 0.5) is 0 Å². The Labute approximate surface area is 98.6 Å². The minimum Gasteiger partial charge on any atom is -0.314 e. The van der Waals surface area contributed by atoms with E-state index in [2.05, 4.69) is 12.2 Å². The van der Waals surface area contributed by atoms with Crippen LogP contribution in [0.15, 0.2) is 0 Å². The quantitative estimate of drug-likeness (QED) is 0.742. The maximum Gasteiger partial charge on any atom is 0.276 e. The number of rotatable bonds is 5. The van der Waals surface area contributed by atoms with Gasteiger partial charge in [-0.25, -0.2) is 5.14 Å². The van der Waals surface area contributed by atoms with Crippen LogP contribution in [-0.2, 0) is 10.2 Å². The van der Waals surface area contributed by atoms with Gasteiger partial charge >= 0.3 is 0 Å². The summed E-state index contributed by atoms with van der Waals surface area (Å²) in [5.41, 5.74) is 0. The molecule has 3 N–H and O–H groups in total. The van der Waals surface area contributed by atoms with E-state index in [9.17, 15) is 8.42 Å². The fourth-order valence-electron chi connectivity index (χ4n) is 2.20. The van der Waals surface area contributed by atoms with Crippen molar-refractivity contribution in [3.8, 4) is 0 Å². The first-order valence-corrected chi connectivity index (χ1v) is 7.44. The minimum absolute atomic E-state index is 0.0784. The predicted molar refractivity (Wildman–Crippen MR) is 65.2 cm³/mol. The Bertz CT molecular complexity index is 297. The van der Waals surface area contributed by atoms with E-state index < -0.39 is 10.2 Å². The third-order valence-corrected chi connectivity index (χ3v) is 4.40. The van der Waals surface area contributed by atoms with Gasteiger partial charge in [0.15, 0.2) is 0 Å². The van der Waals surface area contributed by atoms with Gasteiger partial charge in [0.25, 0.3) is 10.2 Å². The van der Waals surface area contributed by atoms with Crippen molar-refractivity contribution in [2.45, 2.75) is 51.1 Å². The van der Waals surface area contributed by atoms with Crippen LogP contribution in [0.3, 0.4) is 0 Å². The largest absolute Gasteiger partial charge is 0.314 e. The van der Waals surface area contributed by atoms with Gasteiger partial charge in [0.05, 0.1) is 0 Å². The fourth-order valence-corrected chi connectivity index (χ4v) is 2.83. The molecule has 96 valence electrons. The normalized spacial score (nSPS) is 27.2. The van der Waals surface area contributed by atoms with Crippen molar-refractivity contribution in [1.82, 2.24) is 9.62 Å². The lowest BCUT2D eigenvalue weighted by atomic mass is 9.91. The van der Waals surface area contributed by atoms with Crippen LogP contribution in [0.25, 0.3) is 0 Å². The molecule has 0 atom stereocenters. The Morgan fingerprint density at radius 1 is 1.31 bits per heavy atom. The Morgan fingerprint density at radius 2 is 1.88 bits per heavy atom. The predicted octanol–water partition coefficient (Wildman–Crippen LogP) is 0.433. The van der Waals surface area contributed by atoms with Gasteiger partial charge in [0.2, 0.25) is 0 Å². The Morgan fingerprint density at radius 3 is 2.31 bits per heavy atom. The van der Waals surface area contributed by atoms with Crippen molar-refractivity contribution < 1.29 is 8.42 Å². The van der Waals surface area contributed by atoms with Crippen LogP contribution in [0.1, 0.15) is 39.0 Å². The number of nitrogens with two attached hydrogens (primary N) is 1. The van der Waals surface area contributed by atoms with Crippen LogP contribution < -0.4 is 10.5 Å². The first kappa shape index (κ1) is 13.9. The molecule has 1 saturated carbocycles. The zero-order valence-corrected chi connectivity index (χ0v) is 11.0. The van der Waals surface area contributed by atoms with Crippen LogP contribution in [0.2, 0.25) is 0 Å². The number of nitrogens with one attached hydrogen (secondary N) is 1. The summed E-state index contributed by atoms with van der Waals surface area (Å²) in [4.78, 5) is 0. The fraction of sp³-hybridized carbons (Fsp3) is 1.00. The molecule has 0 saturated heterocycles. The highest BCUT2D eigenvalue weighted by atomic mass is 32.2. The Hall–Kier alpha value is -0.170. The molecule has 1 rings (SSSR count). The molecule has 1 fully saturated rings. The molecule has 0 radical (unpaired) electrons. The zero-order valence-electron chi connectivity index (χ0n) is 10.1. The van der Waals surface area contributed by atoms with Crippen molar-refractivity contribution in [2.24, 2.45) is 5.14 Å². The van der Waals surface area contributed by atoms with Crippen LogP contribution in [0.5, 0.6) is 0 Å². The monoisotopic (exact) mass is 249 g/mol. The lowest BCUT2D eigenvalue weighted by molar-refractivity contribution is 0.250. The smallest absolute Gasteiger partial charge is 0.276 e. The molecular formula is C10H23N3O2S. The lowest BCUT2D eigenvalue weighted by Gasteiger charge is -2.33. The van der Waals surface area contributed by atoms with Crippen molar-refractivity contribution in [1.29, 1.82) is 0 Å². The Balaban J connectivity index is 2.37. The van der Waals surface area contributed by atoms with E-state index >= 15 is 0 Å². The SMILES string of the molecule is CCCNC1CCC(N(C)S(N)(=O)=O)CC1. The standard InChI is InChI=1S/C10H23N3O2S/c1-3-8-12-9-4-6-10(7-5-9)13(2)16(11,14)15/h9-10,12H,3-8H2,1-2H3,(H2,11,14,15). The molecule has 0 aliphatic heterocycles. The van der Waals surface area contributed by atoms with Crippen molar-refractivity contribution >= 4 is 10.2 Å². The number of hydrogen-bond acceptors (Lipinski definition) is 3. The van der Waals surface area contributed by atoms with Gasteiger partial charge in [-0.05, 0) is 38.6 Å². The van der Waals surface area contributed by atoms with E-state index in [0.717, 1.165) is 38.6 Å². The molecule has 0 bridgehead atoms. The molecule has 16 heavy (non-hydrogen) atoms. The van der Waals surface area contributed by atoms with Gasteiger partial charge in [-0.15, -0.1) is 0 Å². The van der Waals surface area contributed by atoms with Crippen LogP contribution in [0, 0.1) is 0 Å². The molecule has 6 heteroatoms. The second-order valence-corrected chi connectivity index (χ2v) is 6.13. The van der Waals surface area contributed by atoms with Gasteiger partial charge in [-0.3, -0.25) is 0 Å². The maximum absolute atomic E-state index is 11.2. The molecule has 1 aliphatic rings. The zero-order chi connectivity index (χ0) is 12.2. The molecule has 0 aromatic carbocycles. The summed E-state index contributed by atoms with van der Waals surface area (Å²) in [6, 6.07) is 0.625. The van der Waals surface area contributed by atoms with Crippen molar-refractivity contribution in [2.75, 3.05) is 13.6 Å². The molecule has 0 aromatic heterocycles. The van der Waals surface area contributed by atoms with Crippen molar-refractivity contribution in [3.63, 3.8) is 0 Å². The third-order valence-electron chi connectivity index (χ3n) is 3.30. The van der Waals surface area contributed by atoms with Crippen LogP contribution >= 0.6 is 0 Å². The summed E-state index contributed by atoms with van der Waals surface area (Å²) in [5, 5.41) is 8.58. The summed E-state index contributed by atoms with van der Waals surface area (Å²) >= 11 is 0. The molecule has 0 amide bonds. The van der Waals surface area contributed by atoms with E-state index in [4.69, 9.17) is 5.14 Å². The molecule has 1 aliphatic carbocycles. The third kappa shape index (κ3) is 4.01. The summed E-state index contributed by atoms with van der Waals surface area (Å²) in [6.45, 7) is 3.19. The average molecular weight is 249 g/mol. The number of nitrogens with zero attached hydrogens (tertiary/aromatic N) is 1. The molecule has 0 spiro atoms. The number of hydrogen-bond donors (Lipinski definition) is 2. The molecule has 5 nitrogen and oxygen atoms in total. The lowest BCUT2D eigenvalue weighted by Crippen LogP contribution is -2.45. The molecular weight excluding hydrogens is 226 g/mol. The first-order valence-electron chi connectivity index (χ1n) is 5.94. The van der Waals surface area contributed by atoms with Gasteiger partial charge in [0, 0.05) is 19.1 Å². The molecule has 0 aromatic rings. The first-order chi connectivity index (χ1) is 7.45. The van der Waals surface area contributed by atoms with Crippen molar-refractivity contribution in [3.05, 3.63) is 0 Å². The van der Waals surface area contributed by atoms with E-state index in [1.165, 1.54) is 4.31 Å². The average Bonchev–Trinajstić information content (AvgIpc) is 2.25. The van der Waals surface area contributed by atoms with Gasteiger partial charge in [-0.2, -0.15) is 12.7 Å². The summed E-state index contributed by atoms with van der Waals surface area (Å²) in [6.07, 6.45) is 4.99. The summed E-state index contributed by atoms with van der Waals surface area (Å²) in [7, 11) is -1.95. The Kier molecular flexibility index (Phi) is 5.17. The van der Waals surface area contributed by atoms with Gasteiger partial charge in [0.1, 0.15) is 0 Å². The van der Waals surface area contributed by atoms with E-state index in [0.29, 0.717) is 6.04 Å². The second kappa shape index (κ2) is 5.95. The highest BCUT2D eigenvalue weighted by Gasteiger charge is 2.28. The van der Waals surface area contributed by atoms with E-state index in [1.54, 1.807) is 7.05 Å².